The summed E-state index contributed by atoms with van der Waals surface area (Å²) >= 11 is 0. The largest absolute Gasteiger partial charge is 0.370 e. The number of nitrogens with one attached hydrogen (secondary N) is 2. The molecule has 0 radical (unpaired) electrons. The van der Waals surface area contributed by atoms with Gasteiger partial charge in [-0.15, -0.1) is 0 Å². The zero-order valence-electron chi connectivity index (χ0n) is 12.3. The molecule has 2 rings (SSSR count). The van der Waals surface area contributed by atoms with Crippen LogP contribution in [0.15, 0.2) is 6.33 Å². The standard InChI is InChI=1S/C14H23N5O/c1-3-11-13(15-4-2)17-10-18-14(11)16-9-12(20)19-7-5-6-8-19/h10H,3-9H2,1-2H3,(H2,15,16,17,18). The maximum Gasteiger partial charge on any atom is 0.241 e. The van der Waals surface area contributed by atoms with Crippen molar-refractivity contribution in [2.75, 3.05) is 36.8 Å². The number of anilines is 2. The summed E-state index contributed by atoms with van der Waals surface area (Å²) in [7, 11) is 0. The predicted octanol–water partition coefficient (Wildman–Crippen LogP) is 1.51. The molecule has 1 fully saturated rings. The van der Waals surface area contributed by atoms with E-state index in [9.17, 15) is 4.79 Å². The lowest BCUT2D eigenvalue weighted by atomic mass is 10.2. The molecule has 1 aliphatic heterocycles. The number of hydrogen-bond acceptors (Lipinski definition) is 5. The Labute approximate surface area is 120 Å². The summed E-state index contributed by atoms with van der Waals surface area (Å²) in [5, 5.41) is 6.38. The van der Waals surface area contributed by atoms with Gasteiger partial charge in [0.2, 0.25) is 5.91 Å². The van der Waals surface area contributed by atoms with Gasteiger partial charge in [-0.25, -0.2) is 9.97 Å². The molecule has 1 aromatic heterocycles. The van der Waals surface area contributed by atoms with Crippen LogP contribution < -0.4 is 10.6 Å². The first-order valence-electron chi connectivity index (χ1n) is 7.35. The van der Waals surface area contributed by atoms with Gasteiger partial charge in [0.25, 0.3) is 0 Å². The van der Waals surface area contributed by atoms with E-state index in [0.717, 1.165) is 56.1 Å². The van der Waals surface area contributed by atoms with Crippen LogP contribution in [0.2, 0.25) is 0 Å². The Balaban J connectivity index is 2.01. The number of carbonyl (C=O) groups excluding carboxylic acids is 1. The Bertz CT molecular complexity index is 457. The van der Waals surface area contributed by atoms with Crippen LogP contribution in [-0.2, 0) is 11.2 Å². The van der Waals surface area contributed by atoms with Gasteiger partial charge in [0, 0.05) is 25.2 Å². The summed E-state index contributed by atoms with van der Waals surface area (Å²) < 4.78 is 0. The number of nitrogens with zero attached hydrogens (tertiary/aromatic N) is 3. The van der Waals surface area contributed by atoms with Crippen molar-refractivity contribution in [3.8, 4) is 0 Å². The van der Waals surface area contributed by atoms with E-state index in [1.54, 1.807) is 0 Å². The summed E-state index contributed by atoms with van der Waals surface area (Å²) in [5.74, 6) is 1.75. The van der Waals surface area contributed by atoms with E-state index in [4.69, 9.17) is 0 Å². The van der Waals surface area contributed by atoms with Gasteiger partial charge >= 0.3 is 0 Å². The van der Waals surface area contributed by atoms with Gasteiger partial charge in [-0.2, -0.15) is 0 Å². The van der Waals surface area contributed by atoms with E-state index >= 15 is 0 Å². The SMILES string of the molecule is CCNc1ncnc(NCC(=O)N2CCCC2)c1CC. The number of rotatable bonds is 6. The average Bonchev–Trinajstić information content (AvgIpc) is 2.99. The maximum atomic E-state index is 12.0. The van der Waals surface area contributed by atoms with Gasteiger partial charge in [-0.05, 0) is 26.2 Å². The molecule has 0 atom stereocenters. The van der Waals surface area contributed by atoms with Crippen molar-refractivity contribution in [3.63, 3.8) is 0 Å². The number of aromatic nitrogens is 2. The zero-order valence-corrected chi connectivity index (χ0v) is 12.3. The van der Waals surface area contributed by atoms with Crippen LogP contribution in [0, 0.1) is 0 Å². The smallest absolute Gasteiger partial charge is 0.241 e. The van der Waals surface area contributed by atoms with Crippen molar-refractivity contribution in [3.05, 3.63) is 11.9 Å². The van der Waals surface area contributed by atoms with Crippen LogP contribution >= 0.6 is 0 Å². The monoisotopic (exact) mass is 277 g/mol. The first-order chi connectivity index (χ1) is 9.76. The first-order valence-corrected chi connectivity index (χ1v) is 7.35. The molecule has 20 heavy (non-hydrogen) atoms. The number of carbonyl (C=O) groups is 1. The highest BCUT2D eigenvalue weighted by Crippen LogP contribution is 2.20. The summed E-state index contributed by atoms with van der Waals surface area (Å²) in [5.41, 5.74) is 1.03. The third kappa shape index (κ3) is 3.37. The van der Waals surface area contributed by atoms with Gasteiger partial charge in [0.05, 0.1) is 6.54 Å². The topological polar surface area (TPSA) is 70.1 Å². The fraction of sp³-hybridized carbons (Fsp3) is 0.643. The van der Waals surface area contributed by atoms with E-state index in [0.29, 0.717) is 6.54 Å². The van der Waals surface area contributed by atoms with Crippen LogP contribution in [0.25, 0.3) is 0 Å². The van der Waals surface area contributed by atoms with Gasteiger partial charge in [0.15, 0.2) is 0 Å². The number of amides is 1. The Morgan fingerprint density at radius 1 is 1.20 bits per heavy atom. The average molecular weight is 277 g/mol. The molecule has 0 aliphatic carbocycles. The van der Waals surface area contributed by atoms with Crippen molar-refractivity contribution >= 4 is 17.5 Å². The predicted molar refractivity (Wildman–Crippen MR) is 79.9 cm³/mol. The number of hydrogen-bond donors (Lipinski definition) is 2. The van der Waals surface area contributed by atoms with E-state index in [1.165, 1.54) is 6.33 Å². The Kier molecular flexibility index (Phi) is 5.15. The van der Waals surface area contributed by atoms with Gasteiger partial charge in [-0.3, -0.25) is 4.79 Å². The second-order valence-corrected chi connectivity index (χ2v) is 4.87. The third-order valence-electron chi connectivity index (χ3n) is 3.51. The summed E-state index contributed by atoms with van der Waals surface area (Å²) in [4.78, 5) is 22.4. The molecule has 0 bridgehead atoms. The number of likely N-dealkylation sites (tertiary alicyclic amines) is 1. The van der Waals surface area contributed by atoms with Crippen LogP contribution in [0.1, 0.15) is 32.3 Å². The van der Waals surface area contributed by atoms with Crippen molar-refractivity contribution in [1.29, 1.82) is 0 Å². The molecule has 2 N–H and O–H groups in total. The molecule has 0 spiro atoms. The van der Waals surface area contributed by atoms with E-state index in [1.807, 2.05) is 11.8 Å². The third-order valence-corrected chi connectivity index (χ3v) is 3.51. The lowest BCUT2D eigenvalue weighted by molar-refractivity contribution is -0.128. The highest BCUT2D eigenvalue weighted by atomic mass is 16.2. The molecule has 6 nitrogen and oxygen atoms in total. The molecule has 0 saturated carbocycles. The second kappa shape index (κ2) is 7.07. The molecule has 1 saturated heterocycles. The molecule has 110 valence electrons. The van der Waals surface area contributed by atoms with E-state index < -0.39 is 0 Å². The molecule has 6 heteroatoms. The lowest BCUT2D eigenvalue weighted by Crippen LogP contribution is -2.33. The minimum Gasteiger partial charge on any atom is -0.370 e. The zero-order chi connectivity index (χ0) is 14.4. The van der Waals surface area contributed by atoms with Crippen LogP contribution in [0.5, 0.6) is 0 Å². The molecular weight excluding hydrogens is 254 g/mol. The van der Waals surface area contributed by atoms with Gasteiger partial charge in [0.1, 0.15) is 18.0 Å². The Hall–Kier alpha value is -1.85. The molecule has 2 heterocycles. The minimum atomic E-state index is 0.146. The lowest BCUT2D eigenvalue weighted by Gasteiger charge is -2.17. The fourth-order valence-electron chi connectivity index (χ4n) is 2.46. The summed E-state index contributed by atoms with van der Waals surface area (Å²) in [6.07, 6.45) is 4.58. The van der Waals surface area contributed by atoms with Crippen LogP contribution in [-0.4, -0.2) is 47.0 Å². The van der Waals surface area contributed by atoms with E-state index in [-0.39, 0.29) is 5.91 Å². The van der Waals surface area contributed by atoms with Crippen molar-refractivity contribution in [1.82, 2.24) is 14.9 Å². The second-order valence-electron chi connectivity index (χ2n) is 4.87. The molecule has 1 amide bonds. The molecule has 1 aliphatic rings. The minimum absolute atomic E-state index is 0.146. The Morgan fingerprint density at radius 3 is 2.45 bits per heavy atom. The van der Waals surface area contributed by atoms with Gasteiger partial charge < -0.3 is 15.5 Å². The molecule has 0 unspecified atom stereocenters. The molecule has 1 aromatic rings. The quantitative estimate of drug-likeness (QED) is 0.824. The van der Waals surface area contributed by atoms with Crippen LogP contribution in [0.3, 0.4) is 0 Å². The normalized spacial score (nSPS) is 14.4. The maximum absolute atomic E-state index is 12.0. The molecular formula is C14H23N5O. The van der Waals surface area contributed by atoms with E-state index in [2.05, 4.69) is 27.5 Å². The van der Waals surface area contributed by atoms with Crippen molar-refractivity contribution in [2.24, 2.45) is 0 Å². The summed E-state index contributed by atoms with van der Waals surface area (Å²) in [6, 6.07) is 0. The fourth-order valence-corrected chi connectivity index (χ4v) is 2.46. The summed E-state index contributed by atoms with van der Waals surface area (Å²) in [6.45, 7) is 6.98. The first kappa shape index (κ1) is 14.6. The van der Waals surface area contributed by atoms with Crippen molar-refractivity contribution in [2.45, 2.75) is 33.1 Å². The Morgan fingerprint density at radius 2 is 1.85 bits per heavy atom. The highest BCUT2D eigenvalue weighted by molar-refractivity contribution is 5.81. The van der Waals surface area contributed by atoms with Gasteiger partial charge in [-0.1, -0.05) is 6.92 Å². The highest BCUT2D eigenvalue weighted by Gasteiger charge is 2.18. The van der Waals surface area contributed by atoms with Crippen LogP contribution in [0.4, 0.5) is 11.6 Å². The molecule has 0 aromatic carbocycles. The van der Waals surface area contributed by atoms with Crippen molar-refractivity contribution < 1.29 is 4.79 Å².